The molecule has 1 aliphatic heterocycles. The first kappa shape index (κ1) is 17.1. The lowest BCUT2D eigenvalue weighted by atomic mass is 10.2. The Morgan fingerprint density at radius 2 is 1.84 bits per heavy atom. The molecule has 0 unspecified atom stereocenters. The average molecular weight is 341 g/mol. The van der Waals surface area contributed by atoms with Crippen LogP contribution in [0.25, 0.3) is 0 Å². The largest absolute Gasteiger partial charge is 0.354 e. The maximum absolute atomic E-state index is 12.7. The van der Waals surface area contributed by atoms with Crippen molar-refractivity contribution in [1.82, 2.24) is 24.8 Å². The molecule has 1 amide bonds. The van der Waals surface area contributed by atoms with Crippen LogP contribution in [-0.4, -0.2) is 63.5 Å². The van der Waals surface area contributed by atoms with Crippen LogP contribution in [0.2, 0.25) is 0 Å². The molecule has 1 saturated heterocycles. The van der Waals surface area contributed by atoms with Crippen molar-refractivity contribution in [2.45, 2.75) is 13.8 Å². The van der Waals surface area contributed by atoms with Crippen molar-refractivity contribution in [3.05, 3.63) is 36.4 Å². The van der Waals surface area contributed by atoms with Crippen molar-refractivity contribution in [2.24, 2.45) is 5.92 Å². The van der Waals surface area contributed by atoms with Crippen LogP contribution in [-0.2, 0) is 0 Å². The lowest BCUT2D eigenvalue weighted by Gasteiger charge is -2.34. The summed E-state index contributed by atoms with van der Waals surface area (Å²) in [6, 6.07) is 3.46. The maximum atomic E-state index is 12.7. The van der Waals surface area contributed by atoms with Crippen molar-refractivity contribution in [2.75, 3.05) is 42.9 Å². The van der Waals surface area contributed by atoms with Crippen LogP contribution in [0, 0.1) is 5.92 Å². The Bertz CT molecular complexity index is 699. The van der Waals surface area contributed by atoms with Gasteiger partial charge in [-0.15, -0.1) is 0 Å². The highest BCUT2D eigenvalue weighted by atomic mass is 16.2. The monoisotopic (exact) mass is 341 g/mol. The van der Waals surface area contributed by atoms with Gasteiger partial charge in [-0.25, -0.2) is 19.9 Å². The van der Waals surface area contributed by atoms with Gasteiger partial charge in [0, 0.05) is 51.3 Å². The second-order valence-corrected chi connectivity index (χ2v) is 6.37. The second-order valence-electron chi connectivity index (χ2n) is 6.37. The molecule has 0 radical (unpaired) electrons. The van der Waals surface area contributed by atoms with Gasteiger partial charge in [-0.1, -0.05) is 13.8 Å². The summed E-state index contributed by atoms with van der Waals surface area (Å²) in [5.74, 6) is 1.62. The molecule has 0 aromatic carbocycles. The molecule has 3 rings (SSSR count). The van der Waals surface area contributed by atoms with E-state index in [0.717, 1.165) is 6.54 Å². The maximum Gasteiger partial charge on any atom is 0.272 e. The molecule has 1 aliphatic rings. The van der Waals surface area contributed by atoms with E-state index in [1.807, 2.05) is 4.90 Å². The number of nitrogens with zero attached hydrogens (tertiary/aromatic N) is 6. The molecule has 2 aromatic rings. The fourth-order valence-corrected chi connectivity index (χ4v) is 2.58. The number of anilines is 2. The molecule has 8 nitrogen and oxygen atoms in total. The molecule has 2 aromatic heterocycles. The van der Waals surface area contributed by atoms with Crippen LogP contribution in [0.1, 0.15) is 24.3 Å². The van der Waals surface area contributed by atoms with Gasteiger partial charge in [0.2, 0.25) is 11.9 Å². The predicted octanol–water partition coefficient (Wildman–Crippen LogP) is 1.30. The molecule has 0 spiro atoms. The van der Waals surface area contributed by atoms with Crippen molar-refractivity contribution in [1.29, 1.82) is 0 Å². The topological polar surface area (TPSA) is 87.1 Å². The van der Waals surface area contributed by atoms with E-state index in [-0.39, 0.29) is 5.91 Å². The van der Waals surface area contributed by atoms with Gasteiger partial charge in [0.1, 0.15) is 5.69 Å². The number of hydrogen-bond donors (Lipinski definition) is 1. The van der Waals surface area contributed by atoms with Crippen LogP contribution in [0.5, 0.6) is 0 Å². The number of nitrogens with one attached hydrogen (secondary N) is 1. The molecular formula is C17H23N7O. The van der Waals surface area contributed by atoms with Gasteiger partial charge in [0.05, 0.1) is 0 Å². The van der Waals surface area contributed by atoms with Crippen molar-refractivity contribution >= 4 is 17.8 Å². The zero-order chi connectivity index (χ0) is 17.6. The number of amides is 1. The number of piperazine rings is 1. The summed E-state index contributed by atoms with van der Waals surface area (Å²) in [5.41, 5.74) is 0.422. The van der Waals surface area contributed by atoms with E-state index >= 15 is 0 Å². The molecular weight excluding hydrogens is 318 g/mol. The number of carbonyl (C=O) groups is 1. The van der Waals surface area contributed by atoms with Crippen LogP contribution in [0.3, 0.4) is 0 Å². The Labute approximate surface area is 147 Å². The van der Waals surface area contributed by atoms with Crippen molar-refractivity contribution < 1.29 is 4.79 Å². The first-order valence-electron chi connectivity index (χ1n) is 8.51. The first-order chi connectivity index (χ1) is 12.1. The van der Waals surface area contributed by atoms with Crippen molar-refractivity contribution in [3.63, 3.8) is 0 Å². The van der Waals surface area contributed by atoms with E-state index in [2.05, 4.69) is 44.0 Å². The van der Waals surface area contributed by atoms with Crippen LogP contribution < -0.4 is 10.2 Å². The SMILES string of the molecule is CC(C)CNc1nccc(C(=O)N2CCN(c3ncccn3)CC2)n1. The summed E-state index contributed by atoms with van der Waals surface area (Å²) in [7, 11) is 0. The summed E-state index contributed by atoms with van der Waals surface area (Å²) in [5, 5.41) is 3.15. The number of carbonyl (C=O) groups excluding carboxylic acids is 1. The fourth-order valence-electron chi connectivity index (χ4n) is 2.58. The zero-order valence-electron chi connectivity index (χ0n) is 14.6. The molecule has 0 saturated carbocycles. The summed E-state index contributed by atoms with van der Waals surface area (Å²) in [4.78, 5) is 33.6. The molecule has 0 atom stereocenters. The van der Waals surface area contributed by atoms with Crippen LogP contribution >= 0.6 is 0 Å². The minimum absolute atomic E-state index is 0.0661. The minimum atomic E-state index is -0.0661. The third-order valence-electron chi connectivity index (χ3n) is 3.94. The molecule has 3 heterocycles. The third-order valence-corrected chi connectivity index (χ3v) is 3.94. The highest BCUT2D eigenvalue weighted by molar-refractivity contribution is 5.92. The van der Waals surface area contributed by atoms with Crippen molar-refractivity contribution in [3.8, 4) is 0 Å². The molecule has 1 fully saturated rings. The summed E-state index contributed by atoms with van der Waals surface area (Å²) in [6.45, 7) is 7.65. The quantitative estimate of drug-likeness (QED) is 0.877. The van der Waals surface area contributed by atoms with Gasteiger partial charge in [0.15, 0.2) is 0 Å². The van der Waals surface area contributed by atoms with Gasteiger partial charge >= 0.3 is 0 Å². The minimum Gasteiger partial charge on any atom is -0.354 e. The fraction of sp³-hybridized carbons (Fsp3) is 0.471. The van der Waals surface area contributed by atoms with E-state index in [1.165, 1.54) is 0 Å². The third kappa shape index (κ3) is 4.40. The second kappa shape index (κ2) is 7.87. The van der Waals surface area contributed by atoms with Gasteiger partial charge in [0.25, 0.3) is 5.91 Å². The number of rotatable bonds is 5. The van der Waals surface area contributed by atoms with E-state index in [1.54, 1.807) is 30.7 Å². The lowest BCUT2D eigenvalue weighted by Crippen LogP contribution is -2.49. The van der Waals surface area contributed by atoms with E-state index in [0.29, 0.717) is 49.7 Å². The smallest absolute Gasteiger partial charge is 0.272 e. The number of hydrogen-bond acceptors (Lipinski definition) is 7. The lowest BCUT2D eigenvalue weighted by molar-refractivity contribution is 0.0740. The standard InChI is InChI=1S/C17H23N7O/c1-13(2)12-21-16-18-7-4-14(22-16)15(25)23-8-10-24(11-9-23)17-19-5-3-6-20-17/h3-7,13H,8-12H2,1-2H3,(H,18,21,22). The van der Waals surface area contributed by atoms with Gasteiger partial charge in [-0.05, 0) is 18.1 Å². The number of aromatic nitrogens is 4. The van der Waals surface area contributed by atoms with Crippen LogP contribution in [0.15, 0.2) is 30.7 Å². The Morgan fingerprint density at radius 1 is 1.12 bits per heavy atom. The predicted molar refractivity (Wildman–Crippen MR) is 95.5 cm³/mol. The Kier molecular flexibility index (Phi) is 5.37. The van der Waals surface area contributed by atoms with Gasteiger partial charge in [-0.2, -0.15) is 0 Å². The van der Waals surface area contributed by atoms with E-state index < -0.39 is 0 Å². The summed E-state index contributed by atoms with van der Waals surface area (Å²) < 4.78 is 0. The Balaban J connectivity index is 1.60. The highest BCUT2D eigenvalue weighted by Crippen LogP contribution is 2.12. The zero-order valence-corrected chi connectivity index (χ0v) is 14.6. The molecule has 25 heavy (non-hydrogen) atoms. The molecule has 132 valence electrons. The normalized spacial score (nSPS) is 14.7. The summed E-state index contributed by atoms with van der Waals surface area (Å²) >= 11 is 0. The first-order valence-corrected chi connectivity index (χ1v) is 8.51. The van der Waals surface area contributed by atoms with E-state index in [9.17, 15) is 4.79 Å². The Morgan fingerprint density at radius 3 is 2.52 bits per heavy atom. The molecule has 0 bridgehead atoms. The summed E-state index contributed by atoms with van der Waals surface area (Å²) in [6.07, 6.45) is 5.08. The van der Waals surface area contributed by atoms with Gasteiger partial charge < -0.3 is 15.1 Å². The van der Waals surface area contributed by atoms with Gasteiger partial charge in [-0.3, -0.25) is 4.79 Å². The Hall–Kier alpha value is -2.77. The average Bonchev–Trinajstić information content (AvgIpc) is 2.67. The molecule has 0 aliphatic carbocycles. The highest BCUT2D eigenvalue weighted by Gasteiger charge is 2.24. The van der Waals surface area contributed by atoms with E-state index in [4.69, 9.17) is 0 Å². The molecule has 8 heteroatoms. The molecule has 1 N–H and O–H groups in total. The van der Waals surface area contributed by atoms with Crippen LogP contribution in [0.4, 0.5) is 11.9 Å².